The molecule has 1 aliphatic heterocycles. The Hall–Kier alpha value is -1.12. The third-order valence-corrected chi connectivity index (χ3v) is 3.22. The second-order valence-electron chi connectivity index (χ2n) is 5.38. The molecule has 1 unspecified atom stereocenters. The second-order valence-corrected chi connectivity index (χ2v) is 5.38. The van der Waals surface area contributed by atoms with Crippen LogP contribution in [0.4, 0.5) is 0 Å². The van der Waals surface area contributed by atoms with Crippen LogP contribution in [-0.4, -0.2) is 23.3 Å². The van der Waals surface area contributed by atoms with Gasteiger partial charge in [-0.1, -0.05) is 40.0 Å². The molecule has 0 saturated heterocycles. The number of carbonyl (C=O) groups is 2. The van der Waals surface area contributed by atoms with Crippen LogP contribution in [0.5, 0.6) is 0 Å². The maximum atomic E-state index is 11.3. The number of amides is 2. The maximum absolute atomic E-state index is 11.3. The molecule has 3 nitrogen and oxygen atoms in total. The van der Waals surface area contributed by atoms with Crippen molar-refractivity contribution in [3.8, 4) is 0 Å². The van der Waals surface area contributed by atoms with Crippen molar-refractivity contribution in [2.24, 2.45) is 11.8 Å². The molecule has 0 fully saturated rings. The van der Waals surface area contributed by atoms with Gasteiger partial charge in [-0.15, -0.1) is 0 Å². The van der Waals surface area contributed by atoms with E-state index >= 15 is 0 Å². The molecule has 0 bridgehead atoms. The summed E-state index contributed by atoms with van der Waals surface area (Å²) in [4.78, 5) is 24.0. The van der Waals surface area contributed by atoms with Gasteiger partial charge in [0.25, 0.3) is 11.8 Å². The maximum Gasteiger partial charge on any atom is 0.253 e. The smallest absolute Gasteiger partial charge is 0.253 e. The Labute approximate surface area is 104 Å². The van der Waals surface area contributed by atoms with E-state index in [-0.39, 0.29) is 11.8 Å². The van der Waals surface area contributed by atoms with E-state index in [1.54, 1.807) is 0 Å². The molecule has 1 rings (SSSR count). The van der Waals surface area contributed by atoms with E-state index in [4.69, 9.17) is 0 Å². The Morgan fingerprint density at radius 3 is 2.12 bits per heavy atom. The Balaban J connectivity index is 2.17. The van der Waals surface area contributed by atoms with E-state index in [0.29, 0.717) is 12.5 Å². The molecule has 0 saturated carbocycles. The lowest BCUT2D eigenvalue weighted by atomic mass is 9.97. The molecule has 0 N–H and O–H groups in total. The zero-order valence-electron chi connectivity index (χ0n) is 11.1. The first-order valence-corrected chi connectivity index (χ1v) is 6.54. The van der Waals surface area contributed by atoms with Gasteiger partial charge in [0.05, 0.1) is 0 Å². The van der Waals surface area contributed by atoms with E-state index in [2.05, 4.69) is 20.8 Å². The van der Waals surface area contributed by atoms with Gasteiger partial charge in [0.1, 0.15) is 0 Å². The van der Waals surface area contributed by atoms with Crippen molar-refractivity contribution in [1.82, 2.24) is 4.90 Å². The summed E-state index contributed by atoms with van der Waals surface area (Å²) in [5, 5.41) is 0. The monoisotopic (exact) mass is 237 g/mol. The van der Waals surface area contributed by atoms with Crippen molar-refractivity contribution < 1.29 is 9.59 Å². The Morgan fingerprint density at radius 1 is 1.00 bits per heavy atom. The minimum atomic E-state index is -0.163. The molecule has 1 atom stereocenters. The van der Waals surface area contributed by atoms with Crippen LogP contribution < -0.4 is 0 Å². The lowest BCUT2D eigenvalue weighted by molar-refractivity contribution is -0.136. The van der Waals surface area contributed by atoms with Gasteiger partial charge < -0.3 is 0 Å². The van der Waals surface area contributed by atoms with Crippen molar-refractivity contribution in [2.75, 3.05) is 6.54 Å². The van der Waals surface area contributed by atoms with Gasteiger partial charge in [-0.2, -0.15) is 0 Å². The quantitative estimate of drug-likeness (QED) is 0.638. The second kappa shape index (κ2) is 6.58. The minimum absolute atomic E-state index is 0.163. The highest BCUT2D eigenvalue weighted by Gasteiger charge is 2.23. The summed E-state index contributed by atoms with van der Waals surface area (Å²) >= 11 is 0. The number of rotatable bonds is 7. The van der Waals surface area contributed by atoms with Gasteiger partial charge in [0.2, 0.25) is 0 Å². The first-order valence-electron chi connectivity index (χ1n) is 6.54. The first kappa shape index (κ1) is 13.9. The number of imide groups is 1. The van der Waals surface area contributed by atoms with Crippen LogP contribution in [0.1, 0.15) is 46.5 Å². The molecule has 17 heavy (non-hydrogen) atoms. The fraction of sp³-hybridized carbons (Fsp3) is 0.714. The number of hydrogen-bond donors (Lipinski definition) is 0. The highest BCUT2D eigenvalue weighted by molar-refractivity contribution is 6.12. The molecule has 96 valence electrons. The van der Waals surface area contributed by atoms with E-state index in [0.717, 1.165) is 12.3 Å². The van der Waals surface area contributed by atoms with Crippen molar-refractivity contribution in [2.45, 2.75) is 46.5 Å². The van der Waals surface area contributed by atoms with Crippen LogP contribution in [0.15, 0.2) is 12.2 Å². The fourth-order valence-corrected chi connectivity index (χ4v) is 2.02. The van der Waals surface area contributed by atoms with Crippen LogP contribution in [0.25, 0.3) is 0 Å². The zero-order valence-corrected chi connectivity index (χ0v) is 11.1. The summed E-state index contributed by atoms with van der Waals surface area (Å²) in [6, 6.07) is 0. The largest absolute Gasteiger partial charge is 0.275 e. The molecule has 0 spiro atoms. The van der Waals surface area contributed by atoms with Gasteiger partial charge in [-0.05, 0) is 18.3 Å². The number of hydrogen-bond acceptors (Lipinski definition) is 2. The third-order valence-electron chi connectivity index (χ3n) is 3.22. The SMILES string of the molecule is CC(C)CCCC(C)CCN1C(=O)C=CC1=O. The Morgan fingerprint density at radius 2 is 1.59 bits per heavy atom. The van der Waals surface area contributed by atoms with Crippen molar-refractivity contribution in [3.05, 3.63) is 12.2 Å². The van der Waals surface area contributed by atoms with Gasteiger partial charge in [0.15, 0.2) is 0 Å². The lowest BCUT2D eigenvalue weighted by Crippen LogP contribution is -2.31. The molecule has 0 aromatic rings. The standard InChI is InChI=1S/C14H23NO2/c1-11(2)5-4-6-12(3)9-10-15-13(16)7-8-14(15)17/h7-8,11-12H,4-6,9-10H2,1-3H3. The number of nitrogens with zero attached hydrogens (tertiary/aromatic N) is 1. The van der Waals surface area contributed by atoms with Crippen LogP contribution in [0.2, 0.25) is 0 Å². The summed E-state index contributed by atoms with van der Waals surface area (Å²) < 4.78 is 0. The van der Waals surface area contributed by atoms with Gasteiger partial charge in [0, 0.05) is 18.7 Å². The molecule has 0 aliphatic carbocycles. The first-order chi connectivity index (χ1) is 8.00. The van der Waals surface area contributed by atoms with Crippen molar-refractivity contribution in [3.63, 3.8) is 0 Å². The molecule has 0 aromatic heterocycles. The molecular weight excluding hydrogens is 214 g/mol. The summed E-state index contributed by atoms with van der Waals surface area (Å²) in [6.45, 7) is 7.22. The van der Waals surface area contributed by atoms with Crippen molar-refractivity contribution in [1.29, 1.82) is 0 Å². The van der Waals surface area contributed by atoms with Gasteiger partial charge >= 0.3 is 0 Å². The minimum Gasteiger partial charge on any atom is -0.275 e. The predicted octanol–water partition coefficient (Wildman–Crippen LogP) is 2.76. The molecule has 1 heterocycles. The highest BCUT2D eigenvalue weighted by Crippen LogP contribution is 2.16. The number of carbonyl (C=O) groups excluding carboxylic acids is 2. The lowest BCUT2D eigenvalue weighted by Gasteiger charge is -2.17. The molecule has 0 radical (unpaired) electrons. The average Bonchev–Trinajstić information content (AvgIpc) is 2.55. The molecule has 1 aliphatic rings. The molecular formula is C14H23NO2. The van der Waals surface area contributed by atoms with Crippen molar-refractivity contribution >= 4 is 11.8 Å². The van der Waals surface area contributed by atoms with Gasteiger partial charge in [-0.25, -0.2) is 0 Å². The van der Waals surface area contributed by atoms with Crippen LogP contribution in [0, 0.1) is 11.8 Å². The molecule has 2 amide bonds. The summed E-state index contributed by atoms with van der Waals surface area (Å²) in [6.07, 6.45) is 7.29. The molecule has 3 heteroatoms. The van der Waals surface area contributed by atoms with Gasteiger partial charge in [-0.3, -0.25) is 14.5 Å². The van der Waals surface area contributed by atoms with E-state index in [1.165, 1.54) is 36.3 Å². The van der Waals surface area contributed by atoms with Crippen LogP contribution >= 0.6 is 0 Å². The predicted molar refractivity (Wildman–Crippen MR) is 68.3 cm³/mol. The van der Waals surface area contributed by atoms with Crippen LogP contribution in [0.3, 0.4) is 0 Å². The summed E-state index contributed by atoms with van der Waals surface area (Å²) in [5.74, 6) is 1.01. The summed E-state index contributed by atoms with van der Waals surface area (Å²) in [7, 11) is 0. The zero-order chi connectivity index (χ0) is 12.8. The Kier molecular flexibility index (Phi) is 5.39. The van der Waals surface area contributed by atoms with E-state index in [1.807, 2.05) is 0 Å². The summed E-state index contributed by atoms with van der Waals surface area (Å²) in [5.41, 5.74) is 0. The average molecular weight is 237 g/mol. The third kappa shape index (κ3) is 4.72. The van der Waals surface area contributed by atoms with E-state index < -0.39 is 0 Å². The topological polar surface area (TPSA) is 37.4 Å². The van der Waals surface area contributed by atoms with E-state index in [9.17, 15) is 9.59 Å². The fourth-order valence-electron chi connectivity index (χ4n) is 2.02. The Bertz CT molecular complexity index is 289. The molecule has 0 aromatic carbocycles. The highest BCUT2D eigenvalue weighted by atomic mass is 16.2. The normalized spacial score (nSPS) is 17.3. The van der Waals surface area contributed by atoms with Crippen LogP contribution in [-0.2, 0) is 9.59 Å².